The Morgan fingerprint density at radius 2 is 2.32 bits per heavy atom. The molecule has 3 rings (SSSR count). The van der Waals surface area contributed by atoms with Gasteiger partial charge < -0.3 is 0 Å². The summed E-state index contributed by atoms with van der Waals surface area (Å²) < 4.78 is 0. The monoisotopic (exact) mass is 272 g/mol. The number of hydrogen-bond donors (Lipinski definition) is 1. The smallest absolute Gasteiger partial charge is 0.250 e. The number of carbonyl (C=O) groups is 1. The number of rotatable bonds is 4. The lowest BCUT2D eigenvalue weighted by atomic mass is 10.2. The number of anilines is 1. The zero-order valence-electron chi connectivity index (χ0n) is 10.1. The minimum atomic E-state index is -0.206. The summed E-state index contributed by atoms with van der Waals surface area (Å²) in [5, 5.41) is 12.3. The molecule has 19 heavy (non-hydrogen) atoms. The van der Waals surface area contributed by atoms with Crippen molar-refractivity contribution in [1.29, 1.82) is 0 Å². The summed E-state index contributed by atoms with van der Waals surface area (Å²) in [4.78, 5) is 15.7. The molecular formula is C13H12N4OS. The van der Waals surface area contributed by atoms with Gasteiger partial charge in [0.05, 0.1) is 0 Å². The van der Waals surface area contributed by atoms with Crippen molar-refractivity contribution in [2.24, 2.45) is 0 Å². The maximum atomic E-state index is 11.7. The molecule has 1 aliphatic rings. The van der Waals surface area contributed by atoms with Gasteiger partial charge in [0, 0.05) is 24.4 Å². The molecule has 0 aromatic carbocycles. The molecule has 1 fully saturated rings. The first kappa shape index (κ1) is 12.0. The molecule has 5 nitrogen and oxygen atoms in total. The minimum absolute atomic E-state index is 0.206. The molecular weight excluding hydrogens is 260 g/mol. The quantitative estimate of drug-likeness (QED) is 0.868. The van der Waals surface area contributed by atoms with Gasteiger partial charge >= 0.3 is 0 Å². The number of nitrogens with one attached hydrogen (secondary N) is 1. The van der Waals surface area contributed by atoms with Gasteiger partial charge in [0.2, 0.25) is 11.0 Å². The van der Waals surface area contributed by atoms with E-state index in [0.717, 1.165) is 10.6 Å². The molecule has 0 saturated heterocycles. The van der Waals surface area contributed by atoms with Crippen molar-refractivity contribution in [3.63, 3.8) is 0 Å². The van der Waals surface area contributed by atoms with Gasteiger partial charge in [-0.15, -0.1) is 10.2 Å². The van der Waals surface area contributed by atoms with E-state index in [1.807, 2.05) is 12.1 Å². The fraction of sp³-hybridized carbons (Fsp3) is 0.231. The first-order chi connectivity index (χ1) is 9.31. The summed E-state index contributed by atoms with van der Waals surface area (Å²) >= 11 is 1.45. The summed E-state index contributed by atoms with van der Waals surface area (Å²) in [6.45, 7) is 0. The van der Waals surface area contributed by atoms with Crippen molar-refractivity contribution in [2.45, 2.75) is 18.8 Å². The van der Waals surface area contributed by atoms with E-state index in [2.05, 4.69) is 20.5 Å². The molecule has 0 atom stereocenters. The molecule has 0 bridgehead atoms. The minimum Gasteiger partial charge on any atom is -0.297 e. The highest BCUT2D eigenvalue weighted by atomic mass is 32.1. The molecule has 2 aromatic rings. The number of hydrogen-bond acceptors (Lipinski definition) is 5. The van der Waals surface area contributed by atoms with Crippen molar-refractivity contribution < 1.29 is 4.79 Å². The summed E-state index contributed by atoms with van der Waals surface area (Å²) in [5.74, 6) is 0.358. The third kappa shape index (κ3) is 3.23. The highest BCUT2D eigenvalue weighted by Crippen LogP contribution is 2.41. The Morgan fingerprint density at radius 1 is 1.42 bits per heavy atom. The predicted molar refractivity (Wildman–Crippen MR) is 73.8 cm³/mol. The van der Waals surface area contributed by atoms with Crippen LogP contribution in [0.15, 0.2) is 30.6 Å². The van der Waals surface area contributed by atoms with E-state index in [-0.39, 0.29) is 5.91 Å². The number of aromatic nitrogens is 3. The lowest BCUT2D eigenvalue weighted by Crippen LogP contribution is -2.07. The highest BCUT2D eigenvalue weighted by molar-refractivity contribution is 7.15. The first-order valence-corrected chi connectivity index (χ1v) is 6.85. The van der Waals surface area contributed by atoms with Gasteiger partial charge in [-0.05, 0) is 30.5 Å². The molecule has 96 valence electrons. The Morgan fingerprint density at radius 3 is 3.05 bits per heavy atom. The van der Waals surface area contributed by atoms with E-state index in [1.165, 1.54) is 30.3 Å². The van der Waals surface area contributed by atoms with Crippen molar-refractivity contribution >= 4 is 28.5 Å². The summed E-state index contributed by atoms with van der Waals surface area (Å²) in [6, 6.07) is 3.71. The van der Waals surface area contributed by atoms with Gasteiger partial charge in [0.25, 0.3) is 0 Å². The van der Waals surface area contributed by atoms with Crippen LogP contribution in [0.2, 0.25) is 0 Å². The van der Waals surface area contributed by atoms with Gasteiger partial charge in [0.15, 0.2) is 0 Å². The topological polar surface area (TPSA) is 67.8 Å². The van der Waals surface area contributed by atoms with Gasteiger partial charge in [-0.1, -0.05) is 17.4 Å². The van der Waals surface area contributed by atoms with Crippen LogP contribution in [0.5, 0.6) is 0 Å². The van der Waals surface area contributed by atoms with E-state index < -0.39 is 0 Å². The van der Waals surface area contributed by atoms with Crippen LogP contribution in [0.3, 0.4) is 0 Å². The summed E-state index contributed by atoms with van der Waals surface area (Å²) in [6.07, 6.45) is 8.94. The average molecular weight is 272 g/mol. The zero-order valence-corrected chi connectivity index (χ0v) is 10.9. The van der Waals surface area contributed by atoms with E-state index in [9.17, 15) is 4.79 Å². The van der Waals surface area contributed by atoms with Crippen LogP contribution in [-0.4, -0.2) is 21.1 Å². The number of amides is 1. The Hall–Kier alpha value is -2.08. The van der Waals surface area contributed by atoms with Crippen LogP contribution in [0, 0.1) is 0 Å². The van der Waals surface area contributed by atoms with E-state index >= 15 is 0 Å². The second-order valence-electron chi connectivity index (χ2n) is 4.33. The molecule has 2 heterocycles. The molecule has 0 spiro atoms. The Bertz CT molecular complexity index is 604. The summed E-state index contributed by atoms with van der Waals surface area (Å²) in [5.41, 5.74) is 0.883. The van der Waals surface area contributed by atoms with Crippen LogP contribution < -0.4 is 5.32 Å². The number of carbonyl (C=O) groups excluding carboxylic acids is 1. The lowest BCUT2D eigenvalue weighted by Gasteiger charge is -1.94. The maximum Gasteiger partial charge on any atom is 0.250 e. The van der Waals surface area contributed by atoms with Crippen molar-refractivity contribution in [3.8, 4) is 0 Å². The van der Waals surface area contributed by atoms with Gasteiger partial charge in [0.1, 0.15) is 5.01 Å². The molecule has 0 radical (unpaired) electrons. The SMILES string of the molecule is O=C(/C=C/c1cccnc1)Nc1nnc(C2CC2)s1. The van der Waals surface area contributed by atoms with E-state index in [4.69, 9.17) is 0 Å². The fourth-order valence-electron chi connectivity index (χ4n) is 1.57. The highest BCUT2D eigenvalue weighted by Gasteiger charge is 2.27. The van der Waals surface area contributed by atoms with E-state index in [1.54, 1.807) is 18.5 Å². The number of pyridine rings is 1. The third-order valence-corrected chi connectivity index (χ3v) is 3.71. The standard InChI is InChI=1S/C13H12N4OS/c18-11(6-3-9-2-1-7-14-8-9)15-13-17-16-12(19-13)10-4-5-10/h1-3,6-8,10H,4-5H2,(H,15,17,18)/b6-3+. The molecule has 0 unspecified atom stereocenters. The maximum absolute atomic E-state index is 11.7. The third-order valence-electron chi connectivity index (χ3n) is 2.71. The molecule has 6 heteroatoms. The van der Waals surface area contributed by atoms with Gasteiger partial charge in [-0.3, -0.25) is 15.1 Å². The zero-order chi connectivity index (χ0) is 13.1. The first-order valence-electron chi connectivity index (χ1n) is 6.04. The van der Waals surface area contributed by atoms with E-state index in [0.29, 0.717) is 11.0 Å². The Kier molecular flexibility index (Phi) is 3.33. The Labute approximate surface area is 114 Å². The van der Waals surface area contributed by atoms with Crippen LogP contribution in [0.1, 0.15) is 29.3 Å². The molecule has 2 aromatic heterocycles. The van der Waals surface area contributed by atoms with Gasteiger partial charge in [-0.2, -0.15) is 0 Å². The number of nitrogens with zero attached hydrogens (tertiary/aromatic N) is 3. The lowest BCUT2D eigenvalue weighted by molar-refractivity contribution is -0.111. The molecule has 1 amide bonds. The molecule has 1 aliphatic carbocycles. The largest absolute Gasteiger partial charge is 0.297 e. The molecule has 0 aliphatic heterocycles. The van der Waals surface area contributed by atoms with Crippen molar-refractivity contribution in [2.75, 3.05) is 5.32 Å². The van der Waals surface area contributed by atoms with Gasteiger partial charge in [-0.25, -0.2) is 0 Å². The predicted octanol–water partition coefficient (Wildman–Crippen LogP) is 2.46. The van der Waals surface area contributed by atoms with Crippen LogP contribution in [-0.2, 0) is 4.79 Å². The second kappa shape index (κ2) is 5.27. The molecule has 1 N–H and O–H groups in total. The van der Waals surface area contributed by atoms with Crippen LogP contribution >= 0.6 is 11.3 Å². The average Bonchev–Trinajstić information content (AvgIpc) is 3.19. The fourth-order valence-corrected chi connectivity index (χ4v) is 2.49. The summed E-state index contributed by atoms with van der Waals surface area (Å²) in [7, 11) is 0. The molecule has 1 saturated carbocycles. The normalized spacial score (nSPS) is 14.7. The van der Waals surface area contributed by atoms with Crippen molar-refractivity contribution in [1.82, 2.24) is 15.2 Å². The van der Waals surface area contributed by atoms with Crippen molar-refractivity contribution in [3.05, 3.63) is 41.2 Å². The second-order valence-corrected chi connectivity index (χ2v) is 5.34. The van der Waals surface area contributed by atoms with Crippen LogP contribution in [0.25, 0.3) is 6.08 Å². The Balaban J connectivity index is 1.59. The van der Waals surface area contributed by atoms with Crippen LogP contribution in [0.4, 0.5) is 5.13 Å².